The van der Waals surface area contributed by atoms with Gasteiger partial charge >= 0.3 is 0 Å². The van der Waals surface area contributed by atoms with Gasteiger partial charge in [0.15, 0.2) is 0 Å². The minimum Gasteiger partial charge on any atom is -0.353 e. The Hall–Kier alpha value is -3.08. The number of rotatable bonds is 3. The number of carbonyl (C=O) groups excluding carboxylic acids is 2. The van der Waals surface area contributed by atoms with Crippen molar-refractivity contribution in [1.29, 1.82) is 0 Å². The highest BCUT2D eigenvalue weighted by Gasteiger charge is 2.19. The summed E-state index contributed by atoms with van der Waals surface area (Å²) in [6.45, 7) is 4.26. The number of piperazine rings is 1. The summed E-state index contributed by atoms with van der Waals surface area (Å²) in [6.07, 6.45) is 3.38. The van der Waals surface area contributed by atoms with Gasteiger partial charge in [0.2, 0.25) is 11.8 Å². The van der Waals surface area contributed by atoms with Gasteiger partial charge in [0.05, 0.1) is 6.54 Å². The van der Waals surface area contributed by atoms with E-state index in [1.807, 2.05) is 12.1 Å². The van der Waals surface area contributed by atoms with Gasteiger partial charge in [0.1, 0.15) is 0 Å². The van der Waals surface area contributed by atoms with Crippen molar-refractivity contribution in [2.75, 3.05) is 19.6 Å². The van der Waals surface area contributed by atoms with Gasteiger partial charge in [-0.1, -0.05) is 24.3 Å². The predicted octanol–water partition coefficient (Wildman–Crippen LogP) is 2.79. The Kier molecular flexibility index (Phi) is 4.21. The number of hydrogen-bond acceptors (Lipinski definition) is 2. The van der Waals surface area contributed by atoms with Crippen LogP contribution < -0.4 is 5.32 Å². The van der Waals surface area contributed by atoms with Crippen LogP contribution in [0.2, 0.25) is 0 Å². The molecule has 4 rings (SSSR count). The summed E-state index contributed by atoms with van der Waals surface area (Å²) in [5.74, 6) is -0.234. The van der Waals surface area contributed by atoms with E-state index >= 15 is 0 Å². The molecule has 0 unspecified atom stereocenters. The lowest BCUT2D eigenvalue weighted by Gasteiger charge is -2.25. The quantitative estimate of drug-likeness (QED) is 0.741. The smallest absolute Gasteiger partial charge is 0.247 e. The van der Waals surface area contributed by atoms with Crippen molar-refractivity contribution in [3.05, 3.63) is 54.1 Å². The third-order valence-electron chi connectivity index (χ3n) is 4.88. The summed E-state index contributed by atoms with van der Waals surface area (Å²) < 4.78 is 2.30. The second kappa shape index (κ2) is 6.67. The molecular formula is C21H21N3O2. The minimum absolute atomic E-state index is 0.105. The van der Waals surface area contributed by atoms with Gasteiger partial charge in [0.25, 0.3) is 0 Å². The second-order valence-electron chi connectivity index (χ2n) is 6.48. The zero-order chi connectivity index (χ0) is 18.1. The molecular weight excluding hydrogens is 326 g/mol. The first kappa shape index (κ1) is 16.4. The molecule has 1 fully saturated rings. The van der Waals surface area contributed by atoms with Crippen molar-refractivity contribution < 1.29 is 9.59 Å². The molecule has 0 aliphatic carbocycles. The molecule has 0 spiro atoms. The van der Waals surface area contributed by atoms with Crippen LogP contribution in [0, 0.1) is 0 Å². The van der Waals surface area contributed by atoms with Crippen molar-refractivity contribution >= 4 is 39.7 Å². The highest BCUT2D eigenvalue weighted by molar-refractivity contribution is 6.08. The van der Waals surface area contributed by atoms with E-state index in [1.165, 1.54) is 21.8 Å². The van der Waals surface area contributed by atoms with Gasteiger partial charge < -0.3 is 14.8 Å². The number of amides is 2. The van der Waals surface area contributed by atoms with Crippen LogP contribution >= 0.6 is 0 Å². The van der Waals surface area contributed by atoms with E-state index in [-0.39, 0.29) is 18.4 Å². The molecule has 132 valence electrons. The predicted molar refractivity (Wildman–Crippen MR) is 104 cm³/mol. The van der Waals surface area contributed by atoms with Crippen molar-refractivity contribution in [2.45, 2.75) is 13.5 Å². The molecule has 26 heavy (non-hydrogen) atoms. The average molecular weight is 347 g/mol. The number of aryl methyl sites for hydroxylation is 1. The molecule has 3 aromatic rings. The van der Waals surface area contributed by atoms with Crippen LogP contribution in [0.15, 0.2) is 48.5 Å². The molecule has 5 heteroatoms. The van der Waals surface area contributed by atoms with Crippen molar-refractivity contribution in [3.63, 3.8) is 0 Å². The minimum atomic E-state index is -0.129. The van der Waals surface area contributed by atoms with E-state index in [0.717, 1.165) is 12.1 Å². The summed E-state index contributed by atoms with van der Waals surface area (Å²) in [5, 5.41) is 5.14. The van der Waals surface area contributed by atoms with E-state index in [0.29, 0.717) is 13.1 Å². The first-order chi connectivity index (χ1) is 12.7. The first-order valence-corrected chi connectivity index (χ1v) is 8.92. The number of nitrogens with zero attached hydrogens (tertiary/aromatic N) is 2. The molecule has 2 amide bonds. The summed E-state index contributed by atoms with van der Waals surface area (Å²) in [4.78, 5) is 25.3. The van der Waals surface area contributed by atoms with Crippen molar-refractivity contribution in [2.24, 2.45) is 0 Å². The standard InChI is InChI=1S/C21H21N3O2/c1-2-24-18-6-4-3-5-16(18)17-13-15(7-9-19(17)24)8-10-21(26)23-12-11-22-20(25)14-23/h3-10,13H,2,11-12,14H2,1H3,(H,22,25)/b10-8+. The number of fused-ring (bicyclic) bond motifs is 3. The Morgan fingerprint density at radius 3 is 2.77 bits per heavy atom. The number of benzene rings is 2. The van der Waals surface area contributed by atoms with Crippen LogP contribution in [0.1, 0.15) is 12.5 Å². The Balaban J connectivity index is 1.66. The Morgan fingerprint density at radius 1 is 1.15 bits per heavy atom. The average Bonchev–Trinajstić information content (AvgIpc) is 2.99. The fraction of sp³-hybridized carbons (Fsp3) is 0.238. The maximum absolute atomic E-state index is 12.3. The van der Waals surface area contributed by atoms with Crippen LogP contribution in [-0.4, -0.2) is 40.9 Å². The molecule has 1 N–H and O–H groups in total. The third-order valence-corrected chi connectivity index (χ3v) is 4.88. The van der Waals surface area contributed by atoms with Gasteiger partial charge in [-0.25, -0.2) is 0 Å². The molecule has 2 heterocycles. The molecule has 1 saturated heterocycles. The van der Waals surface area contributed by atoms with Crippen molar-refractivity contribution in [3.8, 4) is 0 Å². The fourth-order valence-electron chi connectivity index (χ4n) is 3.62. The van der Waals surface area contributed by atoms with Crippen LogP contribution in [0.25, 0.3) is 27.9 Å². The van der Waals surface area contributed by atoms with Gasteiger partial charge in [-0.05, 0) is 36.8 Å². The van der Waals surface area contributed by atoms with Gasteiger partial charge in [0, 0.05) is 47.5 Å². The lowest BCUT2D eigenvalue weighted by atomic mass is 10.1. The number of nitrogens with one attached hydrogen (secondary N) is 1. The molecule has 2 aromatic carbocycles. The molecule has 0 atom stereocenters. The SMILES string of the molecule is CCn1c2ccccc2c2cc(/C=C/C(=O)N3CCNC(=O)C3)ccc21. The molecule has 1 aromatic heterocycles. The van der Waals surface area contributed by atoms with E-state index in [9.17, 15) is 9.59 Å². The van der Waals surface area contributed by atoms with E-state index in [1.54, 1.807) is 11.0 Å². The zero-order valence-electron chi connectivity index (χ0n) is 14.7. The lowest BCUT2D eigenvalue weighted by Crippen LogP contribution is -2.49. The van der Waals surface area contributed by atoms with Crippen LogP contribution in [0.4, 0.5) is 0 Å². The Morgan fingerprint density at radius 2 is 1.96 bits per heavy atom. The number of aromatic nitrogens is 1. The fourth-order valence-corrected chi connectivity index (χ4v) is 3.62. The molecule has 0 saturated carbocycles. The van der Waals surface area contributed by atoms with E-state index in [2.05, 4.69) is 53.2 Å². The number of hydrogen-bond donors (Lipinski definition) is 1. The number of para-hydroxylation sites is 1. The number of carbonyl (C=O) groups is 2. The van der Waals surface area contributed by atoms with Gasteiger partial charge in [-0.2, -0.15) is 0 Å². The van der Waals surface area contributed by atoms with Crippen LogP contribution in [-0.2, 0) is 16.1 Å². The van der Waals surface area contributed by atoms with E-state index in [4.69, 9.17) is 0 Å². The molecule has 1 aliphatic rings. The maximum Gasteiger partial charge on any atom is 0.247 e. The second-order valence-corrected chi connectivity index (χ2v) is 6.48. The van der Waals surface area contributed by atoms with Crippen LogP contribution in [0.3, 0.4) is 0 Å². The summed E-state index contributed by atoms with van der Waals surface area (Å²) in [6, 6.07) is 14.6. The molecule has 0 radical (unpaired) electrons. The Bertz CT molecular complexity index is 1030. The normalized spacial score (nSPS) is 15.1. The van der Waals surface area contributed by atoms with E-state index < -0.39 is 0 Å². The van der Waals surface area contributed by atoms with Crippen LogP contribution in [0.5, 0.6) is 0 Å². The highest BCUT2D eigenvalue weighted by atomic mass is 16.2. The van der Waals surface area contributed by atoms with Gasteiger partial charge in [-0.15, -0.1) is 0 Å². The molecule has 5 nitrogen and oxygen atoms in total. The Labute approximate surface area is 151 Å². The lowest BCUT2D eigenvalue weighted by molar-refractivity contribution is -0.134. The van der Waals surface area contributed by atoms with Crippen molar-refractivity contribution in [1.82, 2.24) is 14.8 Å². The largest absolute Gasteiger partial charge is 0.353 e. The molecule has 0 bridgehead atoms. The summed E-state index contributed by atoms with van der Waals surface area (Å²) in [7, 11) is 0. The summed E-state index contributed by atoms with van der Waals surface area (Å²) >= 11 is 0. The third kappa shape index (κ3) is 2.86. The monoisotopic (exact) mass is 347 g/mol. The van der Waals surface area contributed by atoms with Gasteiger partial charge in [-0.3, -0.25) is 9.59 Å². The zero-order valence-corrected chi connectivity index (χ0v) is 14.7. The molecule has 1 aliphatic heterocycles. The summed E-state index contributed by atoms with van der Waals surface area (Å²) in [5.41, 5.74) is 3.40. The maximum atomic E-state index is 12.3. The topological polar surface area (TPSA) is 54.3 Å². The first-order valence-electron chi connectivity index (χ1n) is 8.92. The highest BCUT2D eigenvalue weighted by Crippen LogP contribution is 2.29.